The Morgan fingerprint density at radius 1 is 0.519 bits per heavy atom. The van der Waals surface area contributed by atoms with Crippen LogP contribution in [0.2, 0.25) is 0 Å². The number of hydrogen-bond acceptors (Lipinski definition) is 14. The van der Waals surface area contributed by atoms with E-state index in [-0.39, 0.29) is 81.0 Å². The maximum Gasteiger partial charge on any atom is 1.00 e. The molecule has 0 aliphatic rings. The molecule has 79 heavy (non-hydrogen) atoms. The van der Waals surface area contributed by atoms with Crippen LogP contribution in [-0.2, 0) is 53.5 Å². The fraction of sp³-hybridized carbons (Fsp3) is 0.148. The van der Waals surface area contributed by atoms with Crippen LogP contribution in [0.25, 0.3) is 65.1 Å². The number of methoxy groups -OCH3 is 1. The van der Waals surface area contributed by atoms with Crippen molar-refractivity contribution in [1.29, 1.82) is 0 Å². The monoisotopic (exact) mass is 1100 g/mol. The Balaban J connectivity index is 0.000000277. The molecule has 402 valence electrons. The van der Waals surface area contributed by atoms with Gasteiger partial charge in [0.2, 0.25) is 0 Å². The Morgan fingerprint density at radius 2 is 0.962 bits per heavy atom. The molecule has 6 aromatic carbocycles. The molecule has 0 amide bonds. The quantitative estimate of drug-likeness (QED) is 0.0395. The first-order valence-corrected chi connectivity index (χ1v) is 25.1. The molecular weight excluding hydrogens is 1040 g/mol. The van der Waals surface area contributed by atoms with Crippen LogP contribution in [0.1, 0.15) is 67.6 Å². The second-order valence-electron chi connectivity index (χ2n) is 17.3. The maximum atomic E-state index is 12.1. The van der Waals surface area contributed by atoms with Crippen molar-refractivity contribution >= 4 is 68.5 Å². The first-order valence-electron chi connectivity index (χ1n) is 23.4. The third kappa shape index (κ3) is 14.7. The summed E-state index contributed by atoms with van der Waals surface area (Å²) >= 11 is 2.33. The fourth-order valence-corrected chi connectivity index (χ4v) is 10.2. The summed E-state index contributed by atoms with van der Waals surface area (Å²) in [6, 6.07) is 45.2. The smallest absolute Gasteiger partial charge is 0.870 e. The number of rotatable bonds is 18. The third-order valence-electron chi connectivity index (χ3n) is 12.2. The van der Waals surface area contributed by atoms with Gasteiger partial charge >= 0.3 is 42.7 Å². The van der Waals surface area contributed by atoms with Crippen LogP contribution in [0, 0.1) is 0 Å². The number of carboxylic acids is 3. The van der Waals surface area contributed by atoms with Crippen LogP contribution in [0.15, 0.2) is 167 Å². The van der Waals surface area contributed by atoms with Gasteiger partial charge in [-0.15, -0.1) is 22.7 Å². The summed E-state index contributed by atoms with van der Waals surface area (Å²) < 4.78 is 28.9. The number of hydrogen-bond donors (Lipinski definition) is 5. The molecule has 10 aromatic rings. The molecule has 0 saturated carbocycles. The van der Waals surface area contributed by atoms with Crippen molar-refractivity contribution in [2.24, 2.45) is 11.5 Å². The molecule has 0 atom stereocenters. The number of fused-ring (bicyclic) bond motifs is 2. The summed E-state index contributed by atoms with van der Waals surface area (Å²) in [7, 11) is 1.34. The Labute approximate surface area is 476 Å². The van der Waals surface area contributed by atoms with Gasteiger partial charge in [-0.05, 0) is 129 Å². The maximum absolute atomic E-state index is 12.1. The van der Waals surface area contributed by atoms with Crippen LogP contribution >= 0.6 is 22.7 Å². The molecule has 4 heterocycles. The molecule has 15 nitrogen and oxygen atoms in total. The predicted molar refractivity (Wildman–Crippen MR) is 304 cm³/mol. The number of aromatic carboxylic acids is 2. The molecule has 0 radical (unpaired) electrons. The molecule has 0 saturated heterocycles. The summed E-state index contributed by atoms with van der Waals surface area (Å²) in [5.74, 6) is -2.35. The van der Waals surface area contributed by atoms with E-state index < -0.39 is 17.9 Å². The van der Waals surface area contributed by atoms with Crippen LogP contribution < -0.4 is 39.8 Å². The predicted octanol–water partition coefficient (Wildman–Crippen LogP) is 10.6. The largest absolute Gasteiger partial charge is 1.00 e. The van der Waals surface area contributed by atoms with E-state index in [1.54, 1.807) is 55.0 Å². The second kappa shape index (κ2) is 27.9. The zero-order chi connectivity index (χ0) is 52.6. The van der Waals surface area contributed by atoms with Gasteiger partial charge in [0, 0.05) is 55.9 Å². The number of furan rings is 2. The van der Waals surface area contributed by atoms with Gasteiger partial charge < -0.3 is 55.3 Å². The standard InChI is InChI=1S/C30H25NO6S.C29H23NO6S.2CH4.Li.H2O/c1-35-28(32)15-21-5-6-22(26-7-8-27(38-26)30(33)34)14-25(21)37-17-19-12-23-9-10-36-29(23)24(13-19)20-4-2-3-18(11-20)16-31;30-15-17-2-1-3-19(10-17)23-12-18(11-22-8-9-35-28(22)23)16-36-24-13-21(5-4-20(24)14-27(31)32)25-6-7-26(37-25)29(33)34;;;;/h2-14H,15-17,31H2,1H3,(H,33,34);1-13H,14-16,30H2,(H,31,32)(H,33,34);2*1H4;;1H2/q;;;;+1;/p-1. The van der Waals surface area contributed by atoms with E-state index in [0.717, 1.165) is 98.7 Å². The van der Waals surface area contributed by atoms with Crippen LogP contribution in [-0.4, -0.2) is 51.8 Å². The zero-order valence-electron chi connectivity index (χ0n) is 41.7. The second-order valence-corrected chi connectivity index (χ2v) is 19.4. The van der Waals surface area contributed by atoms with Gasteiger partial charge in [0.05, 0.1) is 32.5 Å². The van der Waals surface area contributed by atoms with Gasteiger partial charge in [-0.25, -0.2) is 9.59 Å². The molecule has 0 spiro atoms. The first kappa shape index (κ1) is 61.6. The van der Waals surface area contributed by atoms with E-state index in [9.17, 15) is 34.5 Å². The number of thiophene rings is 2. The van der Waals surface area contributed by atoms with Gasteiger partial charge in [0.25, 0.3) is 0 Å². The molecule has 0 aliphatic heterocycles. The van der Waals surface area contributed by atoms with Crippen molar-refractivity contribution in [3.8, 4) is 54.6 Å². The number of esters is 1. The first-order chi connectivity index (χ1) is 36.4. The molecule has 8 N–H and O–H groups in total. The van der Waals surface area contributed by atoms with E-state index >= 15 is 0 Å². The number of carbonyl (C=O) groups is 4. The van der Waals surface area contributed by atoms with Gasteiger partial charge in [0.1, 0.15) is 45.6 Å². The minimum atomic E-state index is -0.988. The van der Waals surface area contributed by atoms with Crippen molar-refractivity contribution < 1.29 is 81.9 Å². The summed E-state index contributed by atoms with van der Waals surface area (Å²) in [6.45, 7) is 1.31. The van der Waals surface area contributed by atoms with E-state index in [2.05, 4.69) is 0 Å². The van der Waals surface area contributed by atoms with Crippen LogP contribution in [0.5, 0.6) is 11.5 Å². The molecule has 0 bridgehead atoms. The Morgan fingerprint density at radius 3 is 1.35 bits per heavy atom. The molecular formula is C61H57LiN2O13S2. The molecule has 4 aromatic heterocycles. The van der Waals surface area contributed by atoms with Gasteiger partial charge in [0.15, 0.2) is 0 Å². The molecule has 0 unspecified atom stereocenters. The Hall–Kier alpha value is -8.24. The van der Waals surface area contributed by atoms with Gasteiger partial charge in [-0.1, -0.05) is 75.5 Å². The number of aliphatic carboxylic acids is 1. The average Bonchev–Trinajstić information content (AvgIpc) is 4.32. The van der Waals surface area contributed by atoms with Crippen molar-refractivity contribution in [2.75, 3.05) is 7.11 Å². The summed E-state index contributed by atoms with van der Waals surface area (Å²) in [6.07, 6.45) is 3.16. The molecule has 0 fully saturated rings. The Bertz CT molecular complexity index is 3740. The number of benzene rings is 6. The number of carboxylic acid groups (broad SMARTS) is 3. The minimum absolute atomic E-state index is 0. The number of carbonyl (C=O) groups excluding carboxylic acids is 1. The summed E-state index contributed by atoms with van der Waals surface area (Å²) in [5.41, 5.74) is 23.7. The zero-order valence-corrected chi connectivity index (χ0v) is 43.3. The van der Waals surface area contributed by atoms with Crippen molar-refractivity contribution in [3.63, 3.8) is 0 Å². The average molecular weight is 1100 g/mol. The van der Waals surface area contributed by atoms with Crippen LogP contribution in [0.4, 0.5) is 0 Å². The van der Waals surface area contributed by atoms with E-state index in [0.29, 0.717) is 35.7 Å². The minimum Gasteiger partial charge on any atom is -0.870 e. The molecule has 10 rings (SSSR count). The van der Waals surface area contributed by atoms with Crippen molar-refractivity contribution in [2.45, 2.75) is 54.0 Å². The number of ether oxygens (including phenoxy) is 3. The summed E-state index contributed by atoms with van der Waals surface area (Å²) in [4.78, 5) is 48.2. The topological polar surface area (TPSA) is 265 Å². The summed E-state index contributed by atoms with van der Waals surface area (Å²) in [5, 5.41) is 29.8. The van der Waals surface area contributed by atoms with Crippen LogP contribution in [0.3, 0.4) is 0 Å². The fourth-order valence-electron chi connectivity index (χ4n) is 8.52. The van der Waals surface area contributed by atoms with Gasteiger partial charge in [-0.3, -0.25) is 9.59 Å². The van der Waals surface area contributed by atoms with Crippen molar-refractivity contribution in [1.82, 2.24) is 0 Å². The number of nitrogens with two attached hydrogens (primary N) is 2. The SMILES string of the molecule is C.C.COC(=O)Cc1ccc(-c2ccc(C(=O)O)s2)cc1OCc1cc(-c2cccc(CN)c2)c2occc2c1.NCc1cccc(-c2cc(COc3cc(-c4ccc(C(=O)O)s4)ccc3CC(=O)O)cc3ccoc23)c1.[Li+].[OH-]. The van der Waals surface area contributed by atoms with E-state index in [1.165, 1.54) is 18.4 Å². The van der Waals surface area contributed by atoms with E-state index in [4.69, 9.17) is 34.5 Å². The van der Waals surface area contributed by atoms with E-state index in [1.807, 2.05) is 103 Å². The Kier molecular flexibility index (Phi) is 21.7. The molecule has 0 aliphatic carbocycles. The molecule has 18 heteroatoms. The van der Waals surface area contributed by atoms with Crippen molar-refractivity contribution in [3.05, 3.63) is 201 Å². The third-order valence-corrected chi connectivity index (χ3v) is 14.4. The normalized spacial score (nSPS) is 10.5. The van der Waals surface area contributed by atoms with Gasteiger partial charge in [-0.2, -0.15) is 0 Å².